The van der Waals surface area contributed by atoms with E-state index in [4.69, 9.17) is 0 Å². The van der Waals surface area contributed by atoms with Gasteiger partial charge < -0.3 is 20.4 Å². The Kier molecular flexibility index (Phi) is 8.18. The summed E-state index contributed by atoms with van der Waals surface area (Å²) in [5, 5.41) is 6.01. The predicted molar refractivity (Wildman–Crippen MR) is 138 cm³/mol. The Hall–Kier alpha value is -3.19. The van der Waals surface area contributed by atoms with Gasteiger partial charge in [-0.2, -0.15) is 0 Å². The zero-order valence-electron chi connectivity index (χ0n) is 20.8. The molecule has 0 radical (unpaired) electrons. The monoisotopic (exact) mass is 476 g/mol. The molecular weight excluding hydrogens is 440 g/mol. The number of carbonyl (C=O) groups is 3. The third kappa shape index (κ3) is 5.90. The number of hydrogen-bond donors (Lipinski definition) is 2. The van der Waals surface area contributed by atoms with Gasteiger partial charge in [0.05, 0.1) is 23.8 Å². The van der Waals surface area contributed by atoms with E-state index < -0.39 is 6.04 Å². The second kappa shape index (κ2) is 11.5. The molecule has 2 aliphatic rings. The summed E-state index contributed by atoms with van der Waals surface area (Å²) in [5.74, 6) is 0.335. The van der Waals surface area contributed by atoms with E-state index in [0.717, 1.165) is 12.0 Å². The highest BCUT2D eigenvalue weighted by Crippen LogP contribution is 2.40. The summed E-state index contributed by atoms with van der Waals surface area (Å²) in [4.78, 5) is 43.1. The van der Waals surface area contributed by atoms with Gasteiger partial charge in [-0.25, -0.2) is 0 Å². The summed E-state index contributed by atoms with van der Waals surface area (Å²) >= 11 is 0. The van der Waals surface area contributed by atoms with E-state index in [0.29, 0.717) is 42.4 Å². The fraction of sp³-hybridized carbons (Fsp3) is 0.464. The van der Waals surface area contributed by atoms with Gasteiger partial charge in [-0.05, 0) is 43.1 Å². The van der Waals surface area contributed by atoms with Crippen LogP contribution in [-0.2, 0) is 9.59 Å². The molecule has 4 rings (SSSR count). The molecule has 7 heteroatoms. The Balaban J connectivity index is 1.67. The number of carbonyl (C=O) groups excluding carboxylic acids is 3. The van der Waals surface area contributed by atoms with E-state index >= 15 is 0 Å². The molecule has 1 aliphatic carbocycles. The smallest absolute Gasteiger partial charge is 0.253 e. The maximum atomic E-state index is 13.7. The van der Waals surface area contributed by atoms with E-state index in [2.05, 4.69) is 10.6 Å². The largest absolute Gasteiger partial charge is 0.340 e. The van der Waals surface area contributed by atoms with Gasteiger partial charge in [0.15, 0.2) is 0 Å². The second-order valence-electron chi connectivity index (χ2n) is 9.69. The van der Waals surface area contributed by atoms with Crippen LogP contribution in [0.2, 0.25) is 0 Å². The molecule has 2 aromatic carbocycles. The van der Waals surface area contributed by atoms with Crippen molar-refractivity contribution in [3.8, 4) is 0 Å². The first-order chi connectivity index (χ1) is 17.0. The van der Waals surface area contributed by atoms with Crippen molar-refractivity contribution in [2.45, 2.75) is 51.0 Å². The first-order valence-corrected chi connectivity index (χ1v) is 12.7. The first-order valence-electron chi connectivity index (χ1n) is 12.7. The number of hydrogen-bond acceptors (Lipinski definition) is 4. The minimum Gasteiger partial charge on any atom is -0.340 e. The number of fused-ring (bicyclic) bond motifs is 1. The molecule has 1 aliphatic heterocycles. The van der Waals surface area contributed by atoms with Crippen molar-refractivity contribution >= 4 is 29.1 Å². The van der Waals surface area contributed by atoms with E-state index in [1.807, 2.05) is 43.4 Å². The van der Waals surface area contributed by atoms with Crippen LogP contribution in [0.25, 0.3) is 0 Å². The van der Waals surface area contributed by atoms with Crippen LogP contribution in [0.1, 0.15) is 66.9 Å². The van der Waals surface area contributed by atoms with Crippen LogP contribution < -0.4 is 15.5 Å². The quantitative estimate of drug-likeness (QED) is 0.593. The fourth-order valence-electron chi connectivity index (χ4n) is 5.21. The number of benzene rings is 2. The highest BCUT2D eigenvalue weighted by Gasteiger charge is 2.34. The van der Waals surface area contributed by atoms with Crippen molar-refractivity contribution in [2.75, 3.05) is 37.4 Å². The van der Waals surface area contributed by atoms with E-state index in [-0.39, 0.29) is 24.1 Å². The molecule has 1 unspecified atom stereocenters. The van der Waals surface area contributed by atoms with Gasteiger partial charge >= 0.3 is 0 Å². The first kappa shape index (κ1) is 24.9. The Morgan fingerprint density at radius 1 is 1.11 bits per heavy atom. The molecule has 7 nitrogen and oxygen atoms in total. The van der Waals surface area contributed by atoms with E-state index in [1.165, 1.54) is 25.7 Å². The number of rotatable bonds is 8. The SMILES string of the molecule is CNCCN(C)C(=O)c1ccc2c(c1)NC(=O)CC(c1ccccc1)N2C(=O)CCC1CCCC1. The Bertz CT molecular complexity index is 1050. The van der Waals surface area contributed by atoms with Crippen molar-refractivity contribution in [2.24, 2.45) is 5.92 Å². The molecule has 2 N–H and O–H groups in total. The van der Waals surface area contributed by atoms with Gasteiger partial charge in [0.25, 0.3) is 5.91 Å². The van der Waals surface area contributed by atoms with Crippen LogP contribution in [0.3, 0.4) is 0 Å². The lowest BCUT2D eigenvalue weighted by Crippen LogP contribution is -2.35. The molecule has 0 bridgehead atoms. The fourth-order valence-corrected chi connectivity index (χ4v) is 5.21. The average Bonchev–Trinajstić information content (AvgIpc) is 3.35. The molecule has 2 aromatic rings. The minimum absolute atomic E-state index is 0.0220. The molecular formula is C28H36N4O3. The summed E-state index contributed by atoms with van der Waals surface area (Å²) in [6.45, 7) is 1.26. The van der Waals surface area contributed by atoms with Gasteiger partial charge in [0.2, 0.25) is 11.8 Å². The maximum Gasteiger partial charge on any atom is 0.253 e. The lowest BCUT2D eigenvalue weighted by molar-refractivity contribution is -0.119. The number of amides is 3. The summed E-state index contributed by atoms with van der Waals surface area (Å²) in [7, 11) is 3.60. The third-order valence-corrected chi connectivity index (χ3v) is 7.21. The summed E-state index contributed by atoms with van der Waals surface area (Å²) in [6, 6.07) is 14.6. The normalized spacial score (nSPS) is 18.1. The van der Waals surface area contributed by atoms with Crippen LogP contribution in [0.15, 0.2) is 48.5 Å². The second-order valence-corrected chi connectivity index (χ2v) is 9.69. The molecule has 186 valence electrons. The Morgan fingerprint density at radius 3 is 2.57 bits per heavy atom. The van der Waals surface area contributed by atoms with Crippen LogP contribution >= 0.6 is 0 Å². The Morgan fingerprint density at radius 2 is 1.86 bits per heavy atom. The standard InChI is InChI=1S/C28H36N4O3/c1-29-16-17-31(2)28(35)22-13-14-24-23(18-22)30-26(33)19-25(21-10-4-3-5-11-21)32(24)27(34)15-12-20-8-6-7-9-20/h3-5,10-11,13-14,18,20,25,29H,6-9,12,15-17,19H2,1-2H3,(H,30,33). The molecule has 0 aromatic heterocycles. The van der Waals surface area contributed by atoms with Crippen molar-refractivity contribution < 1.29 is 14.4 Å². The van der Waals surface area contributed by atoms with Crippen molar-refractivity contribution in [1.29, 1.82) is 0 Å². The van der Waals surface area contributed by atoms with Crippen molar-refractivity contribution in [1.82, 2.24) is 10.2 Å². The van der Waals surface area contributed by atoms with Gasteiger partial charge in [0.1, 0.15) is 0 Å². The van der Waals surface area contributed by atoms with Gasteiger partial charge in [-0.15, -0.1) is 0 Å². The maximum absolute atomic E-state index is 13.7. The van der Waals surface area contributed by atoms with Gasteiger partial charge in [-0.3, -0.25) is 14.4 Å². The third-order valence-electron chi connectivity index (χ3n) is 7.21. The number of nitrogens with zero attached hydrogens (tertiary/aromatic N) is 2. The summed E-state index contributed by atoms with van der Waals surface area (Å²) in [5.41, 5.74) is 2.57. The lowest BCUT2D eigenvalue weighted by atomic mass is 9.98. The molecule has 0 saturated heterocycles. The van der Waals surface area contributed by atoms with Crippen LogP contribution in [0, 0.1) is 5.92 Å². The van der Waals surface area contributed by atoms with Crippen molar-refractivity contribution in [3.05, 3.63) is 59.7 Å². The topological polar surface area (TPSA) is 81.8 Å². The molecule has 1 atom stereocenters. The Labute approximate surface area is 207 Å². The molecule has 1 heterocycles. The predicted octanol–water partition coefficient (Wildman–Crippen LogP) is 4.36. The number of anilines is 2. The molecule has 35 heavy (non-hydrogen) atoms. The zero-order valence-corrected chi connectivity index (χ0v) is 20.8. The van der Waals surface area contributed by atoms with E-state index in [1.54, 1.807) is 29.0 Å². The molecule has 1 saturated carbocycles. The minimum atomic E-state index is -0.395. The van der Waals surface area contributed by atoms with Crippen LogP contribution in [0.4, 0.5) is 11.4 Å². The number of nitrogens with one attached hydrogen (secondary N) is 2. The van der Waals surface area contributed by atoms with E-state index in [9.17, 15) is 14.4 Å². The summed E-state index contributed by atoms with van der Waals surface area (Å²) in [6.07, 6.45) is 6.37. The van der Waals surface area contributed by atoms with Gasteiger partial charge in [0, 0.05) is 32.1 Å². The molecule has 3 amide bonds. The summed E-state index contributed by atoms with van der Waals surface area (Å²) < 4.78 is 0. The lowest BCUT2D eigenvalue weighted by Gasteiger charge is -2.31. The molecule has 0 spiro atoms. The zero-order chi connectivity index (χ0) is 24.8. The van der Waals surface area contributed by atoms with Crippen LogP contribution in [0.5, 0.6) is 0 Å². The van der Waals surface area contributed by atoms with Gasteiger partial charge in [-0.1, -0.05) is 56.0 Å². The highest BCUT2D eigenvalue weighted by atomic mass is 16.2. The number of likely N-dealkylation sites (N-methyl/N-ethyl adjacent to an activating group) is 2. The highest BCUT2D eigenvalue weighted by molar-refractivity contribution is 6.06. The van der Waals surface area contributed by atoms with Crippen molar-refractivity contribution in [3.63, 3.8) is 0 Å². The van der Waals surface area contributed by atoms with Crippen LogP contribution in [-0.4, -0.2) is 49.8 Å². The average molecular weight is 477 g/mol. The molecule has 1 fully saturated rings.